The van der Waals surface area contributed by atoms with Crippen molar-refractivity contribution in [1.29, 1.82) is 0 Å². The minimum atomic E-state index is -0.816. The standard InChI is InChI=1S/C22H22F2N2O2/c1-13-10-17-14(6-9-26-21(17)27)11-20(13)28-16-4-7-22(25,8-5-16)18-3-2-15(23)12-19(18)24/h2-3,6,9-12,16H,4-5,7-8,25H2,1H3,(H,26,27)/t16-,22-. The monoisotopic (exact) mass is 384 g/mol. The van der Waals surface area contributed by atoms with Crippen LogP contribution in [0.15, 0.2) is 47.4 Å². The van der Waals surface area contributed by atoms with E-state index in [2.05, 4.69) is 4.98 Å². The topological polar surface area (TPSA) is 68.1 Å². The highest BCUT2D eigenvalue weighted by atomic mass is 19.1. The number of aromatic amines is 1. The molecule has 146 valence electrons. The van der Waals surface area contributed by atoms with Crippen LogP contribution in [-0.2, 0) is 5.54 Å². The lowest BCUT2D eigenvalue weighted by Gasteiger charge is -2.38. The van der Waals surface area contributed by atoms with Crippen molar-refractivity contribution >= 4 is 10.8 Å². The van der Waals surface area contributed by atoms with Crippen molar-refractivity contribution in [1.82, 2.24) is 4.98 Å². The molecule has 1 aliphatic carbocycles. The van der Waals surface area contributed by atoms with Crippen LogP contribution in [0.1, 0.15) is 36.8 Å². The number of ether oxygens (including phenoxy) is 1. The van der Waals surface area contributed by atoms with E-state index < -0.39 is 17.2 Å². The van der Waals surface area contributed by atoms with Gasteiger partial charge < -0.3 is 15.5 Å². The Morgan fingerprint density at radius 1 is 1.14 bits per heavy atom. The van der Waals surface area contributed by atoms with Gasteiger partial charge in [0.05, 0.1) is 6.10 Å². The molecule has 0 aliphatic heterocycles. The molecule has 0 atom stereocenters. The smallest absolute Gasteiger partial charge is 0.255 e. The Labute approximate surface area is 161 Å². The van der Waals surface area contributed by atoms with Gasteiger partial charge in [0, 0.05) is 28.8 Å². The largest absolute Gasteiger partial charge is 0.490 e. The zero-order valence-electron chi connectivity index (χ0n) is 15.6. The average molecular weight is 384 g/mol. The summed E-state index contributed by atoms with van der Waals surface area (Å²) in [4.78, 5) is 14.6. The number of nitrogens with one attached hydrogen (secondary N) is 1. The van der Waals surface area contributed by atoms with E-state index in [-0.39, 0.29) is 11.7 Å². The van der Waals surface area contributed by atoms with Crippen molar-refractivity contribution < 1.29 is 13.5 Å². The predicted octanol–water partition coefficient (Wildman–Crippen LogP) is 4.29. The molecule has 1 aliphatic rings. The highest BCUT2D eigenvalue weighted by Crippen LogP contribution is 2.38. The fraction of sp³-hybridized carbons (Fsp3) is 0.318. The van der Waals surface area contributed by atoms with E-state index in [1.807, 2.05) is 25.1 Å². The molecule has 2 aromatic carbocycles. The third-order valence-electron chi connectivity index (χ3n) is 5.66. The van der Waals surface area contributed by atoms with Gasteiger partial charge in [-0.15, -0.1) is 0 Å². The first-order valence-electron chi connectivity index (χ1n) is 9.39. The lowest BCUT2D eigenvalue weighted by molar-refractivity contribution is 0.116. The quantitative estimate of drug-likeness (QED) is 0.708. The van der Waals surface area contributed by atoms with Gasteiger partial charge in [0.2, 0.25) is 0 Å². The van der Waals surface area contributed by atoms with Gasteiger partial charge in [0.15, 0.2) is 0 Å². The van der Waals surface area contributed by atoms with E-state index in [9.17, 15) is 13.6 Å². The number of hydrogen-bond acceptors (Lipinski definition) is 3. The molecule has 0 unspecified atom stereocenters. The molecule has 6 heteroatoms. The normalized spacial score (nSPS) is 22.4. The van der Waals surface area contributed by atoms with Crippen LogP contribution in [0, 0.1) is 18.6 Å². The van der Waals surface area contributed by atoms with Crippen molar-refractivity contribution in [2.24, 2.45) is 5.73 Å². The van der Waals surface area contributed by atoms with Crippen LogP contribution in [0.5, 0.6) is 5.75 Å². The summed E-state index contributed by atoms with van der Waals surface area (Å²) in [5.41, 5.74) is 6.75. The minimum Gasteiger partial charge on any atom is -0.490 e. The second kappa shape index (κ2) is 7.02. The van der Waals surface area contributed by atoms with E-state index in [1.165, 1.54) is 12.1 Å². The van der Waals surface area contributed by atoms with Gasteiger partial charge in [0.1, 0.15) is 17.4 Å². The number of aryl methyl sites for hydroxylation is 1. The molecule has 0 spiro atoms. The van der Waals surface area contributed by atoms with Gasteiger partial charge in [-0.2, -0.15) is 0 Å². The zero-order chi connectivity index (χ0) is 19.9. The van der Waals surface area contributed by atoms with Crippen molar-refractivity contribution in [3.8, 4) is 5.75 Å². The summed E-state index contributed by atoms with van der Waals surface area (Å²) >= 11 is 0. The molecule has 0 bridgehead atoms. The van der Waals surface area contributed by atoms with Gasteiger partial charge in [0.25, 0.3) is 5.56 Å². The molecule has 0 radical (unpaired) electrons. The predicted molar refractivity (Wildman–Crippen MR) is 104 cm³/mol. The number of pyridine rings is 1. The van der Waals surface area contributed by atoms with Crippen LogP contribution in [0.4, 0.5) is 8.78 Å². The molecule has 1 fully saturated rings. The molecular formula is C22H22F2N2O2. The van der Waals surface area contributed by atoms with Crippen molar-refractivity contribution in [2.75, 3.05) is 0 Å². The van der Waals surface area contributed by atoms with Crippen LogP contribution in [0.25, 0.3) is 10.8 Å². The number of fused-ring (bicyclic) bond motifs is 1. The molecule has 0 saturated heterocycles. The summed E-state index contributed by atoms with van der Waals surface area (Å²) in [6, 6.07) is 9.11. The van der Waals surface area contributed by atoms with Crippen LogP contribution >= 0.6 is 0 Å². The van der Waals surface area contributed by atoms with Crippen molar-refractivity contribution in [2.45, 2.75) is 44.2 Å². The molecule has 1 aromatic heterocycles. The summed E-state index contributed by atoms with van der Waals surface area (Å²) < 4.78 is 33.6. The average Bonchev–Trinajstić information content (AvgIpc) is 2.65. The molecule has 1 saturated carbocycles. The Balaban J connectivity index is 1.51. The lowest BCUT2D eigenvalue weighted by atomic mass is 9.76. The summed E-state index contributed by atoms with van der Waals surface area (Å²) in [6.07, 6.45) is 4.00. The Bertz CT molecular complexity index is 1090. The molecule has 0 amide bonds. The first-order chi connectivity index (χ1) is 13.4. The Morgan fingerprint density at radius 2 is 1.89 bits per heavy atom. The van der Waals surface area contributed by atoms with Gasteiger partial charge in [-0.3, -0.25) is 4.79 Å². The maximum Gasteiger partial charge on any atom is 0.255 e. The Kier molecular flexibility index (Phi) is 4.67. The number of rotatable bonds is 3. The lowest BCUT2D eigenvalue weighted by Crippen LogP contribution is -2.43. The van der Waals surface area contributed by atoms with E-state index >= 15 is 0 Å². The van der Waals surface area contributed by atoms with E-state index in [0.717, 1.165) is 22.8 Å². The fourth-order valence-corrected chi connectivity index (χ4v) is 4.02. The highest BCUT2D eigenvalue weighted by molar-refractivity contribution is 5.83. The SMILES string of the molecule is Cc1cc2c(=O)[nH]ccc2cc1O[C@H]1CC[C@@](N)(c2ccc(F)cc2F)CC1. The van der Waals surface area contributed by atoms with Gasteiger partial charge in [-0.05, 0) is 67.8 Å². The molecule has 3 N–H and O–H groups in total. The van der Waals surface area contributed by atoms with Crippen molar-refractivity contribution in [3.63, 3.8) is 0 Å². The first kappa shape index (κ1) is 18.6. The third-order valence-corrected chi connectivity index (χ3v) is 5.66. The second-order valence-corrected chi connectivity index (χ2v) is 7.61. The number of nitrogens with two attached hydrogens (primary N) is 1. The maximum atomic E-state index is 14.2. The van der Waals surface area contributed by atoms with Gasteiger partial charge >= 0.3 is 0 Å². The second-order valence-electron chi connectivity index (χ2n) is 7.61. The Morgan fingerprint density at radius 3 is 2.61 bits per heavy atom. The molecule has 3 aromatic rings. The van der Waals surface area contributed by atoms with Crippen LogP contribution < -0.4 is 16.0 Å². The number of halogens is 2. The van der Waals surface area contributed by atoms with Crippen LogP contribution in [0.2, 0.25) is 0 Å². The van der Waals surface area contributed by atoms with Gasteiger partial charge in [-0.25, -0.2) is 8.78 Å². The maximum absolute atomic E-state index is 14.2. The summed E-state index contributed by atoms with van der Waals surface area (Å²) in [6.45, 7) is 1.91. The molecule has 28 heavy (non-hydrogen) atoms. The fourth-order valence-electron chi connectivity index (χ4n) is 4.02. The van der Waals surface area contributed by atoms with E-state index in [4.69, 9.17) is 10.5 Å². The van der Waals surface area contributed by atoms with Crippen LogP contribution in [-0.4, -0.2) is 11.1 Å². The molecule has 1 heterocycles. The van der Waals surface area contributed by atoms with Gasteiger partial charge in [-0.1, -0.05) is 6.07 Å². The number of hydrogen-bond donors (Lipinski definition) is 2. The summed E-state index contributed by atoms with van der Waals surface area (Å²) in [7, 11) is 0. The minimum absolute atomic E-state index is 0.0432. The molecule has 4 rings (SSSR count). The summed E-state index contributed by atoms with van der Waals surface area (Å²) in [5, 5.41) is 1.45. The third kappa shape index (κ3) is 3.40. The number of benzene rings is 2. The van der Waals surface area contributed by atoms with Crippen molar-refractivity contribution in [3.05, 3.63) is 75.7 Å². The number of aromatic nitrogens is 1. The van der Waals surface area contributed by atoms with E-state index in [0.29, 0.717) is 36.6 Å². The first-order valence-corrected chi connectivity index (χ1v) is 9.39. The van der Waals surface area contributed by atoms with Crippen LogP contribution in [0.3, 0.4) is 0 Å². The molecule has 4 nitrogen and oxygen atoms in total. The highest BCUT2D eigenvalue weighted by Gasteiger charge is 2.36. The number of H-pyrrole nitrogens is 1. The zero-order valence-corrected chi connectivity index (χ0v) is 15.6. The molecular weight excluding hydrogens is 362 g/mol. The Hall–Kier alpha value is -2.73. The summed E-state index contributed by atoms with van der Waals surface area (Å²) in [5.74, 6) is -0.467. The van der Waals surface area contributed by atoms with E-state index in [1.54, 1.807) is 6.20 Å².